The van der Waals surface area contributed by atoms with Crippen molar-refractivity contribution < 1.29 is 18.3 Å². The van der Waals surface area contributed by atoms with Crippen LogP contribution in [0.1, 0.15) is 24.4 Å². The van der Waals surface area contributed by atoms with Gasteiger partial charge in [0.2, 0.25) is 5.91 Å². The third-order valence-electron chi connectivity index (χ3n) is 3.77. The van der Waals surface area contributed by atoms with Gasteiger partial charge in [-0.3, -0.25) is 10.1 Å². The van der Waals surface area contributed by atoms with Crippen LogP contribution < -0.4 is 15.4 Å². The van der Waals surface area contributed by atoms with E-state index in [1.165, 1.54) is 0 Å². The molecule has 1 fully saturated rings. The molecular formula is C14H15ClF2N2O2. The molecule has 0 saturated carbocycles. The molecule has 0 aliphatic carbocycles. The first-order chi connectivity index (χ1) is 9.96. The summed E-state index contributed by atoms with van der Waals surface area (Å²) in [5.41, 5.74) is 0.784. The molecule has 3 rings (SSSR count). The fourth-order valence-electron chi connectivity index (χ4n) is 2.71. The molecule has 2 atom stereocenters. The lowest BCUT2D eigenvalue weighted by Gasteiger charge is -2.28. The summed E-state index contributed by atoms with van der Waals surface area (Å²) >= 11 is 6.06. The Hall–Kier alpha value is -1.40. The van der Waals surface area contributed by atoms with Gasteiger partial charge in [0.1, 0.15) is 5.75 Å². The number of halogens is 3. The van der Waals surface area contributed by atoms with Crippen molar-refractivity contribution in [3.8, 4) is 5.75 Å². The van der Waals surface area contributed by atoms with Gasteiger partial charge in [0, 0.05) is 18.4 Å². The van der Waals surface area contributed by atoms with Gasteiger partial charge < -0.3 is 10.1 Å². The summed E-state index contributed by atoms with van der Waals surface area (Å²) in [7, 11) is 0. The number of alkyl halides is 2. The molecule has 1 aromatic carbocycles. The van der Waals surface area contributed by atoms with Gasteiger partial charge in [-0.2, -0.15) is 0 Å². The number of hydrogen-bond acceptors (Lipinski definition) is 3. The van der Waals surface area contributed by atoms with E-state index < -0.39 is 30.8 Å². The minimum atomic E-state index is -2.82. The Kier molecular flexibility index (Phi) is 3.75. The second-order valence-electron chi connectivity index (χ2n) is 5.35. The van der Waals surface area contributed by atoms with Gasteiger partial charge in [-0.05, 0) is 6.07 Å². The summed E-state index contributed by atoms with van der Waals surface area (Å²) in [6, 6.07) is 4.18. The van der Waals surface area contributed by atoms with Gasteiger partial charge in [-0.1, -0.05) is 23.7 Å². The maximum Gasteiger partial charge on any atom is 0.262 e. The van der Waals surface area contributed by atoms with Crippen molar-refractivity contribution in [3.05, 3.63) is 28.8 Å². The number of rotatable bonds is 2. The Morgan fingerprint density at radius 1 is 1.48 bits per heavy atom. The predicted octanol–water partition coefficient (Wildman–Crippen LogP) is 2.28. The van der Waals surface area contributed by atoms with Crippen LogP contribution in [-0.2, 0) is 4.79 Å². The number of hydrogen-bond donors (Lipinski definition) is 2. The highest BCUT2D eigenvalue weighted by molar-refractivity contribution is 6.32. The second kappa shape index (κ2) is 5.42. The zero-order chi connectivity index (χ0) is 15.0. The van der Waals surface area contributed by atoms with Gasteiger partial charge in [-0.15, -0.1) is 0 Å². The average Bonchev–Trinajstić information content (AvgIpc) is 2.80. The smallest absolute Gasteiger partial charge is 0.262 e. The van der Waals surface area contributed by atoms with Crippen LogP contribution in [0.3, 0.4) is 0 Å². The van der Waals surface area contributed by atoms with Crippen molar-refractivity contribution in [2.45, 2.75) is 30.8 Å². The van der Waals surface area contributed by atoms with Crippen LogP contribution in [0.5, 0.6) is 5.75 Å². The number of para-hydroxylation sites is 1. The van der Waals surface area contributed by atoms with Gasteiger partial charge in [-0.25, -0.2) is 8.78 Å². The summed E-state index contributed by atoms with van der Waals surface area (Å²) in [4.78, 5) is 12.1. The fourth-order valence-corrected chi connectivity index (χ4v) is 2.95. The maximum absolute atomic E-state index is 13.1. The van der Waals surface area contributed by atoms with E-state index in [1.807, 2.05) is 6.07 Å². The van der Waals surface area contributed by atoms with Crippen molar-refractivity contribution in [2.75, 3.05) is 13.2 Å². The van der Waals surface area contributed by atoms with E-state index in [0.29, 0.717) is 23.8 Å². The molecule has 21 heavy (non-hydrogen) atoms. The maximum atomic E-state index is 13.1. The van der Waals surface area contributed by atoms with Gasteiger partial charge in [0.05, 0.1) is 30.3 Å². The molecular weight excluding hydrogens is 302 g/mol. The van der Waals surface area contributed by atoms with Gasteiger partial charge in [0.15, 0.2) is 0 Å². The van der Waals surface area contributed by atoms with Crippen LogP contribution in [0.4, 0.5) is 8.78 Å². The van der Waals surface area contributed by atoms with Crippen LogP contribution in [-0.4, -0.2) is 31.0 Å². The molecule has 2 aliphatic heterocycles. The monoisotopic (exact) mass is 316 g/mol. The number of fused-ring (bicyclic) bond motifs is 1. The highest BCUT2D eigenvalue weighted by Crippen LogP contribution is 2.37. The predicted molar refractivity (Wildman–Crippen MR) is 73.8 cm³/mol. The summed E-state index contributed by atoms with van der Waals surface area (Å²) in [6.07, 6.45) is 0.118. The third-order valence-corrected chi connectivity index (χ3v) is 4.07. The van der Waals surface area contributed by atoms with E-state index in [9.17, 15) is 13.6 Å². The topological polar surface area (TPSA) is 50.4 Å². The minimum absolute atomic E-state index is 0.268. The molecule has 2 unspecified atom stereocenters. The van der Waals surface area contributed by atoms with Crippen molar-refractivity contribution in [1.29, 1.82) is 0 Å². The largest absolute Gasteiger partial charge is 0.492 e. The molecule has 2 heterocycles. The highest BCUT2D eigenvalue weighted by atomic mass is 35.5. The third kappa shape index (κ3) is 2.96. The molecule has 1 aromatic rings. The van der Waals surface area contributed by atoms with E-state index in [1.54, 1.807) is 12.1 Å². The second-order valence-corrected chi connectivity index (χ2v) is 5.76. The quantitative estimate of drug-likeness (QED) is 0.880. The van der Waals surface area contributed by atoms with Crippen molar-refractivity contribution in [1.82, 2.24) is 10.6 Å². The van der Waals surface area contributed by atoms with Gasteiger partial charge >= 0.3 is 0 Å². The summed E-state index contributed by atoms with van der Waals surface area (Å²) in [6.45, 7) is -0.0305. The Labute approximate surface area is 125 Å². The molecule has 2 N–H and O–H groups in total. The van der Waals surface area contributed by atoms with Crippen LogP contribution in [0, 0.1) is 0 Å². The van der Waals surface area contributed by atoms with Crippen molar-refractivity contribution >= 4 is 17.5 Å². The molecule has 0 radical (unpaired) electrons. The van der Waals surface area contributed by atoms with E-state index in [4.69, 9.17) is 16.3 Å². The van der Waals surface area contributed by atoms with Crippen molar-refractivity contribution in [2.24, 2.45) is 0 Å². The molecule has 2 aliphatic rings. The number of nitrogens with one attached hydrogen (secondary N) is 2. The molecule has 114 valence electrons. The first-order valence-corrected chi connectivity index (χ1v) is 7.17. The lowest BCUT2D eigenvalue weighted by molar-refractivity contribution is -0.124. The van der Waals surface area contributed by atoms with Crippen LogP contribution in [0.2, 0.25) is 5.02 Å². The standard InChI is InChI=1S/C14H15ClF2N2O2/c15-9-3-1-2-8-10(4-5-21-12(8)9)19-13(20)11-6-14(16,17)7-18-11/h1-3,10-11,18H,4-7H2,(H,19,20). The molecule has 7 heteroatoms. The number of amides is 1. The zero-order valence-electron chi connectivity index (χ0n) is 11.2. The molecule has 4 nitrogen and oxygen atoms in total. The Morgan fingerprint density at radius 3 is 3.00 bits per heavy atom. The molecule has 0 bridgehead atoms. The average molecular weight is 317 g/mol. The first kappa shape index (κ1) is 14.5. The zero-order valence-corrected chi connectivity index (χ0v) is 11.9. The van der Waals surface area contributed by atoms with Gasteiger partial charge in [0.25, 0.3) is 5.92 Å². The molecule has 0 aromatic heterocycles. The highest BCUT2D eigenvalue weighted by Gasteiger charge is 2.42. The Balaban J connectivity index is 1.72. The van der Waals surface area contributed by atoms with E-state index in [-0.39, 0.29) is 6.04 Å². The number of benzene rings is 1. The van der Waals surface area contributed by atoms with E-state index >= 15 is 0 Å². The van der Waals surface area contributed by atoms with E-state index in [0.717, 1.165) is 5.56 Å². The SMILES string of the molecule is O=C(NC1CCOc2c(Cl)cccc21)C1CC(F)(F)CN1. The Morgan fingerprint density at radius 2 is 2.29 bits per heavy atom. The number of carbonyl (C=O) groups excluding carboxylic acids is 1. The lowest BCUT2D eigenvalue weighted by Crippen LogP contribution is -2.43. The van der Waals surface area contributed by atoms with E-state index in [2.05, 4.69) is 10.6 Å². The number of carbonyl (C=O) groups is 1. The Bertz CT molecular complexity index is 568. The van der Waals surface area contributed by atoms with Crippen LogP contribution in [0.15, 0.2) is 18.2 Å². The summed E-state index contributed by atoms with van der Waals surface area (Å²) < 4.78 is 31.8. The normalized spacial score (nSPS) is 26.8. The van der Waals surface area contributed by atoms with Crippen LogP contribution in [0.25, 0.3) is 0 Å². The van der Waals surface area contributed by atoms with Crippen molar-refractivity contribution in [3.63, 3.8) is 0 Å². The fraction of sp³-hybridized carbons (Fsp3) is 0.500. The summed E-state index contributed by atoms with van der Waals surface area (Å²) in [5.74, 6) is -2.68. The lowest BCUT2D eigenvalue weighted by atomic mass is 10.00. The number of ether oxygens (including phenoxy) is 1. The summed E-state index contributed by atoms with van der Waals surface area (Å²) in [5, 5.41) is 5.84. The first-order valence-electron chi connectivity index (χ1n) is 6.79. The molecule has 1 saturated heterocycles. The molecule has 0 spiro atoms. The minimum Gasteiger partial charge on any atom is -0.492 e. The van der Waals surface area contributed by atoms with Crippen LogP contribution >= 0.6 is 11.6 Å². The molecule has 1 amide bonds.